The van der Waals surface area contributed by atoms with Crippen molar-refractivity contribution in [1.82, 2.24) is 9.62 Å². The van der Waals surface area contributed by atoms with E-state index in [1.807, 2.05) is 0 Å². The van der Waals surface area contributed by atoms with Gasteiger partial charge in [-0.25, -0.2) is 4.31 Å². The molecule has 2 unspecified atom stereocenters. The van der Waals surface area contributed by atoms with E-state index in [1.165, 1.54) is 75.6 Å². The first kappa shape index (κ1) is 20.9. The van der Waals surface area contributed by atoms with Gasteiger partial charge in [0.2, 0.25) is 0 Å². The molecule has 0 aromatic heterocycles. The smallest absolute Gasteiger partial charge is 0.0819 e. The zero-order valence-corrected chi connectivity index (χ0v) is 20.2. The number of thiocarbonyl (C=S) groups is 1. The van der Waals surface area contributed by atoms with Gasteiger partial charge in [0.1, 0.15) is 0 Å². The normalized spacial score (nSPS) is 42.0. The highest BCUT2D eigenvalue weighted by atomic mass is 32.2. The van der Waals surface area contributed by atoms with E-state index < -0.39 is 0 Å². The van der Waals surface area contributed by atoms with Crippen molar-refractivity contribution in [2.75, 3.05) is 6.54 Å². The first-order chi connectivity index (χ1) is 15.1. The Morgan fingerprint density at radius 1 is 1.00 bits per heavy atom. The Kier molecular flexibility index (Phi) is 5.41. The Balaban J connectivity index is 1.25. The van der Waals surface area contributed by atoms with Gasteiger partial charge in [0.15, 0.2) is 0 Å². The van der Waals surface area contributed by atoms with E-state index in [0.29, 0.717) is 23.5 Å². The van der Waals surface area contributed by atoms with Gasteiger partial charge < -0.3 is 11.1 Å². The van der Waals surface area contributed by atoms with E-state index >= 15 is 0 Å². The van der Waals surface area contributed by atoms with Crippen LogP contribution in [0.5, 0.6) is 0 Å². The average Bonchev–Trinajstić information content (AvgIpc) is 3.61. The van der Waals surface area contributed by atoms with Gasteiger partial charge in [-0.3, -0.25) is 0 Å². The second kappa shape index (κ2) is 8.00. The minimum Gasteiger partial charge on any atom is -0.376 e. The molecule has 4 saturated carbocycles. The van der Waals surface area contributed by atoms with Crippen LogP contribution in [0.25, 0.3) is 0 Å². The molecule has 3 N–H and O–H groups in total. The molecule has 2 atom stereocenters. The number of rotatable bonds is 6. The van der Waals surface area contributed by atoms with Crippen LogP contribution in [0, 0.1) is 11.3 Å². The van der Waals surface area contributed by atoms with Crippen LogP contribution in [0.15, 0.2) is 30.3 Å². The second-order valence-electron chi connectivity index (χ2n) is 11.3. The van der Waals surface area contributed by atoms with E-state index in [1.54, 1.807) is 5.56 Å². The van der Waals surface area contributed by atoms with Crippen molar-refractivity contribution in [3.05, 3.63) is 35.9 Å². The third kappa shape index (κ3) is 3.78. The minimum atomic E-state index is 0.197. The van der Waals surface area contributed by atoms with Gasteiger partial charge in [-0.05, 0) is 94.1 Å². The van der Waals surface area contributed by atoms with Gasteiger partial charge in [0, 0.05) is 28.8 Å². The maximum atomic E-state index is 6.26. The number of nitrogens with zero attached hydrogens (tertiary/aromatic N) is 1. The Bertz CT molecular complexity index is 799. The zero-order chi connectivity index (χ0) is 21.1. The summed E-state index contributed by atoms with van der Waals surface area (Å²) < 4.78 is 2.85. The Hall–Kier alpha value is -0.620. The van der Waals surface area contributed by atoms with Gasteiger partial charge in [0.25, 0.3) is 0 Å². The summed E-state index contributed by atoms with van der Waals surface area (Å²) in [5.74, 6) is 0.723. The fourth-order valence-corrected chi connectivity index (χ4v) is 9.24. The molecule has 2 saturated heterocycles. The molecule has 168 valence electrons. The molecule has 2 heterocycles. The van der Waals surface area contributed by atoms with Crippen molar-refractivity contribution < 1.29 is 0 Å². The molecular weight excluding hydrogens is 418 g/mol. The van der Waals surface area contributed by atoms with E-state index in [-0.39, 0.29) is 5.41 Å². The average molecular weight is 456 g/mol. The lowest BCUT2D eigenvalue weighted by atomic mass is 9.48. The van der Waals surface area contributed by atoms with Gasteiger partial charge in [-0.1, -0.05) is 54.5 Å². The summed E-state index contributed by atoms with van der Waals surface area (Å²) >= 11 is 8.46. The van der Waals surface area contributed by atoms with Gasteiger partial charge in [0.05, 0.1) is 4.99 Å². The van der Waals surface area contributed by atoms with Crippen molar-refractivity contribution in [2.45, 2.75) is 99.4 Å². The van der Waals surface area contributed by atoms with Crippen molar-refractivity contribution in [3.63, 3.8) is 0 Å². The van der Waals surface area contributed by atoms with Crippen LogP contribution in [-0.4, -0.2) is 39.2 Å². The highest BCUT2D eigenvalue weighted by molar-refractivity contribution is 7.97. The molecule has 0 amide bonds. The minimum absolute atomic E-state index is 0.197. The first-order valence-electron chi connectivity index (χ1n) is 12.6. The monoisotopic (exact) mass is 455 g/mol. The van der Waals surface area contributed by atoms with Crippen LogP contribution in [-0.2, 0) is 5.41 Å². The lowest BCUT2D eigenvalue weighted by Crippen LogP contribution is -2.68. The topological polar surface area (TPSA) is 41.3 Å². The lowest BCUT2D eigenvalue weighted by molar-refractivity contribution is -0.0493. The highest BCUT2D eigenvalue weighted by Crippen LogP contribution is 2.64. The van der Waals surface area contributed by atoms with E-state index in [9.17, 15) is 0 Å². The molecule has 4 bridgehead atoms. The molecule has 6 fully saturated rings. The number of nitrogens with two attached hydrogens (primary N) is 1. The molecule has 6 aliphatic rings. The first-order valence-corrected chi connectivity index (χ1v) is 13.9. The van der Waals surface area contributed by atoms with Crippen LogP contribution in [0.3, 0.4) is 0 Å². The Morgan fingerprint density at radius 2 is 1.68 bits per heavy atom. The third-order valence-electron chi connectivity index (χ3n) is 9.08. The van der Waals surface area contributed by atoms with Crippen molar-refractivity contribution in [1.29, 1.82) is 0 Å². The summed E-state index contributed by atoms with van der Waals surface area (Å²) in [6.45, 7) is 0.846. The van der Waals surface area contributed by atoms with E-state index in [0.717, 1.165) is 17.7 Å². The summed E-state index contributed by atoms with van der Waals surface area (Å²) in [6.07, 6.45) is 14.2. The predicted molar refractivity (Wildman–Crippen MR) is 134 cm³/mol. The number of nitrogens with one attached hydrogen (secondary N) is 1. The molecule has 2 aliphatic heterocycles. The van der Waals surface area contributed by atoms with Crippen LogP contribution in [0.1, 0.15) is 76.2 Å². The Morgan fingerprint density at radius 3 is 2.29 bits per heavy atom. The molecule has 5 heteroatoms. The summed E-state index contributed by atoms with van der Waals surface area (Å²) in [5.41, 5.74) is 8.00. The number of hydrogen-bond acceptors (Lipinski definition) is 4. The molecule has 31 heavy (non-hydrogen) atoms. The van der Waals surface area contributed by atoms with Crippen LogP contribution in [0.2, 0.25) is 0 Å². The maximum absolute atomic E-state index is 6.26. The van der Waals surface area contributed by atoms with Gasteiger partial charge in [-0.2, -0.15) is 0 Å². The fraction of sp³-hybridized carbons (Fsp3) is 0.731. The van der Waals surface area contributed by atoms with Crippen LogP contribution < -0.4 is 11.1 Å². The summed E-state index contributed by atoms with van der Waals surface area (Å²) in [5, 5.41) is 4.82. The van der Waals surface area contributed by atoms with Crippen molar-refractivity contribution in [3.8, 4) is 0 Å². The van der Waals surface area contributed by atoms with Crippen molar-refractivity contribution in [2.24, 2.45) is 17.1 Å². The molecule has 0 radical (unpaired) electrons. The third-order valence-corrected chi connectivity index (χ3v) is 11.2. The van der Waals surface area contributed by atoms with E-state index in [2.05, 4.69) is 51.9 Å². The molecule has 1 aromatic rings. The highest BCUT2D eigenvalue weighted by Gasteiger charge is 2.63. The lowest BCUT2D eigenvalue weighted by Gasteiger charge is -2.66. The molecule has 3 nitrogen and oxygen atoms in total. The van der Waals surface area contributed by atoms with Crippen LogP contribution >= 0.6 is 24.2 Å². The quantitative estimate of drug-likeness (QED) is 0.457. The van der Waals surface area contributed by atoms with Gasteiger partial charge >= 0.3 is 0 Å². The SMILES string of the molecule is NC[C@H]1CC[C@H](NC(=S)C23CC4CC(c5ccccc5)(CC(C2)N4SC2CC2)C3)CC1. The molecular formula is C26H37N3S2. The summed E-state index contributed by atoms with van der Waals surface area (Å²) in [7, 11) is 0. The van der Waals surface area contributed by atoms with Gasteiger partial charge in [-0.15, -0.1) is 0 Å². The maximum Gasteiger partial charge on any atom is 0.0819 e. The Labute approximate surface area is 197 Å². The van der Waals surface area contributed by atoms with E-state index in [4.69, 9.17) is 18.0 Å². The second-order valence-corrected chi connectivity index (χ2v) is 13.0. The zero-order valence-electron chi connectivity index (χ0n) is 18.6. The molecule has 4 aliphatic carbocycles. The summed E-state index contributed by atoms with van der Waals surface area (Å²) in [4.78, 5) is 1.20. The van der Waals surface area contributed by atoms with Crippen molar-refractivity contribution >= 4 is 29.2 Å². The molecule has 1 aromatic carbocycles. The molecule has 7 rings (SSSR count). The fourth-order valence-electron chi connectivity index (χ4n) is 7.50. The van der Waals surface area contributed by atoms with Crippen LogP contribution in [0.4, 0.5) is 0 Å². The number of benzene rings is 1. The molecule has 0 spiro atoms. The summed E-state index contributed by atoms with van der Waals surface area (Å²) in [6, 6.07) is 13.4. The largest absolute Gasteiger partial charge is 0.376 e. The number of piperidine rings is 2. The predicted octanol–water partition coefficient (Wildman–Crippen LogP) is 5.19. The number of hydrogen-bond donors (Lipinski definition) is 2. The standard InChI is InChI=1S/C26H37N3S2/c27-16-18-6-8-20(9-7-18)28-24(30)26-14-21-12-25(17-26,19-4-2-1-3-5-19)13-22(15-26)29(21)31-23-10-11-23/h1-5,18,20-23H,6-17,27H2,(H,28,30)/t18-,20-,21?,22?,25?,26?.